The number of aliphatic hydroxyl groups excluding tert-OH is 1. The third kappa shape index (κ3) is 8.59. The zero-order valence-corrected chi connectivity index (χ0v) is 14.6. The molecule has 1 atom stereocenters. The van der Waals surface area contributed by atoms with E-state index >= 15 is 0 Å². The van der Waals surface area contributed by atoms with Crippen LogP contribution in [-0.2, 0) is 4.74 Å². The zero-order chi connectivity index (χ0) is 16.4. The molecule has 0 aromatic carbocycles. The minimum Gasteiger partial charge on any atom is -0.444 e. The quantitative estimate of drug-likeness (QED) is 0.709. The Morgan fingerprint density at radius 3 is 2.59 bits per heavy atom. The number of ether oxygens (including phenoxy) is 1. The monoisotopic (exact) mass is 314 g/mol. The Hall–Kier alpha value is -0.810. The summed E-state index contributed by atoms with van der Waals surface area (Å²) in [6.45, 7) is 8.62. The highest BCUT2D eigenvalue weighted by Crippen LogP contribution is 2.15. The van der Waals surface area contributed by atoms with Crippen molar-refractivity contribution in [3.8, 4) is 0 Å². The summed E-state index contributed by atoms with van der Waals surface area (Å²) in [5.41, 5.74) is -0.421. The number of nitrogens with zero attached hydrogens (tertiary/aromatic N) is 1. The van der Waals surface area contributed by atoms with Gasteiger partial charge in [-0.3, -0.25) is 0 Å². The van der Waals surface area contributed by atoms with E-state index in [-0.39, 0.29) is 6.09 Å². The van der Waals surface area contributed by atoms with Crippen LogP contribution in [0.1, 0.15) is 65.7 Å². The van der Waals surface area contributed by atoms with Crippen LogP contribution in [0.5, 0.6) is 0 Å². The topological polar surface area (TPSA) is 61.8 Å². The largest absolute Gasteiger partial charge is 0.444 e. The minimum atomic E-state index is -0.421. The van der Waals surface area contributed by atoms with Crippen LogP contribution in [0.4, 0.5) is 4.79 Å². The average molecular weight is 314 g/mol. The maximum Gasteiger partial charge on any atom is 0.410 e. The molecule has 0 spiro atoms. The van der Waals surface area contributed by atoms with Crippen LogP contribution in [0, 0.1) is 0 Å². The summed E-state index contributed by atoms with van der Waals surface area (Å²) in [6.07, 6.45) is 7.31. The van der Waals surface area contributed by atoms with Gasteiger partial charge in [-0.2, -0.15) is 0 Å². The number of hydrogen-bond acceptors (Lipinski definition) is 4. The number of nitrogens with one attached hydrogen (secondary N) is 1. The van der Waals surface area contributed by atoms with Gasteiger partial charge in [0.05, 0.1) is 0 Å². The summed E-state index contributed by atoms with van der Waals surface area (Å²) in [6, 6.07) is 0.505. The van der Waals surface area contributed by atoms with E-state index in [4.69, 9.17) is 9.84 Å². The molecular formula is C17H34N2O3. The van der Waals surface area contributed by atoms with Crippen LogP contribution in [0.2, 0.25) is 0 Å². The van der Waals surface area contributed by atoms with Gasteiger partial charge in [0.2, 0.25) is 0 Å². The Balaban J connectivity index is 2.20. The molecule has 0 radical (unpaired) electrons. The molecule has 0 bridgehead atoms. The Labute approximate surface area is 135 Å². The maximum absolute atomic E-state index is 12.1. The van der Waals surface area contributed by atoms with Crippen molar-refractivity contribution in [3.63, 3.8) is 0 Å². The van der Waals surface area contributed by atoms with Crippen molar-refractivity contribution in [1.29, 1.82) is 0 Å². The first-order chi connectivity index (χ1) is 10.4. The first kappa shape index (κ1) is 19.2. The molecule has 1 aliphatic rings. The summed E-state index contributed by atoms with van der Waals surface area (Å²) < 4.78 is 5.45. The first-order valence-electron chi connectivity index (χ1n) is 8.74. The van der Waals surface area contributed by atoms with Gasteiger partial charge in [0, 0.05) is 25.7 Å². The molecule has 5 nitrogen and oxygen atoms in total. The van der Waals surface area contributed by atoms with Crippen molar-refractivity contribution in [2.45, 2.75) is 77.4 Å². The smallest absolute Gasteiger partial charge is 0.410 e. The molecular weight excluding hydrogens is 280 g/mol. The third-order valence-electron chi connectivity index (χ3n) is 3.90. The van der Waals surface area contributed by atoms with E-state index in [1.165, 1.54) is 6.42 Å². The summed E-state index contributed by atoms with van der Waals surface area (Å²) in [4.78, 5) is 13.9. The van der Waals surface area contributed by atoms with E-state index in [0.29, 0.717) is 12.6 Å². The predicted octanol–water partition coefficient (Wildman–Crippen LogP) is 2.92. The molecule has 1 heterocycles. The van der Waals surface area contributed by atoms with E-state index in [1.54, 1.807) is 0 Å². The van der Waals surface area contributed by atoms with E-state index in [0.717, 1.165) is 58.2 Å². The molecule has 1 aliphatic heterocycles. The van der Waals surface area contributed by atoms with Crippen molar-refractivity contribution in [3.05, 3.63) is 0 Å². The Bertz CT molecular complexity index is 316. The summed E-state index contributed by atoms with van der Waals surface area (Å²) >= 11 is 0. The Morgan fingerprint density at radius 2 is 1.91 bits per heavy atom. The SMILES string of the molecule is CC(C)(C)OC(=O)N1CCCC(NCCCCCCO)CC1. The lowest BCUT2D eigenvalue weighted by Crippen LogP contribution is -2.38. The number of rotatable bonds is 7. The second-order valence-electron chi connectivity index (χ2n) is 7.19. The highest BCUT2D eigenvalue weighted by atomic mass is 16.6. The lowest BCUT2D eigenvalue weighted by molar-refractivity contribution is 0.0256. The second-order valence-corrected chi connectivity index (χ2v) is 7.19. The van der Waals surface area contributed by atoms with Crippen LogP contribution in [0.3, 0.4) is 0 Å². The molecule has 1 unspecified atom stereocenters. The molecule has 0 saturated carbocycles. The van der Waals surface area contributed by atoms with E-state index in [2.05, 4.69) is 5.32 Å². The highest BCUT2D eigenvalue weighted by Gasteiger charge is 2.24. The Morgan fingerprint density at radius 1 is 1.18 bits per heavy atom. The third-order valence-corrected chi connectivity index (χ3v) is 3.90. The normalized spacial score (nSPS) is 19.8. The number of amides is 1. The van der Waals surface area contributed by atoms with Crippen molar-refractivity contribution >= 4 is 6.09 Å². The zero-order valence-electron chi connectivity index (χ0n) is 14.6. The Kier molecular flexibility index (Phi) is 8.79. The van der Waals surface area contributed by atoms with E-state index in [9.17, 15) is 4.79 Å². The van der Waals surface area contributed by atoms with Crippen LogP contribution in [0.25, 0.3) is 0 Å². The lowest BCUT2D eigenvalue weighted by Gasteiger charge is -2.26. The van der Waals surface area contributed by atoms with Crippen LogP contribution in [-0.4, -0.2) is 54.0 Å². The van der Waals surface area contributed by atoms with Gasteiger partial charge in [-0.15, -0.1) is 0 Å². The van der Waals surface area contributed by atoms with Gasteiger partial charge in [0.25, 0.3) is 0 Å². The lowest BCUT2D eigenvalue weighted by atomic mass is 10.1. The fourth-order valence-corrected chi connectivity index (χ4v) is 2.71. The molecule has 1 saturated heterocycles. The van der Waals surface area contributed by atoms with Crippen LogP contribution >= 0.6 is 0 Å². The summed E-state index contributed by atoms with van der Waals surface area (Å²) in [5.74, 6) is 0. The van der Waals surface area contributed by atoms with Crippen molar-refractivity contribution in [2.24, 2.45) is 0 Å². The fourth-order valence-electron chi connectivity index (χ4n) is 2.71. The number of aliphatic hydroxyl groups is 1. The standard InChI is InChI=1S/C17H34N2O3/c1-17(2,3)22-16(21)19-12-8-9-15(10-13-19)18-11-6-4-5-7-14-20/h15,18,20H,4-14H2,1-3H3. The van der Waals surface area contributed by atoms with Gasteiger partial charge in [0.15, 0.2) is 0 Å². The molecule has 1 fully saturated rings. The number of carbonyl (C=O) groups excluding carboxylic acids is 1. The highest BCUT2D eigenvalue weighted by molar-refractivity contribution is 5.68. The molecule has 0 aliphatic carbocycles. The van der Waals surface area contributed by atoms with Crippen molar-refractivity contribution in [2.75, 3.05) is 26.2 Å². The second kappa shape index (κ2) is 10.1. The molecule has 0 aromatic rings. The minimum absolute atomic E-state index is 0.183. The van der Waals surface area contributed by atoms with Gasteiger partial charge in [-0.25, -0.2) is 4.79 Å². The first-order valence-corrected chi connectivity index (χ1v) is 8.74. The van der Waals surface area contributed by atoms with Crippen LogP contribution in [0.15, 0.2) is 0 Å². The van der Waals surface area contributed by atoms with Crippen molar-refractivity contribution in [1.82, 2.24) is 10.2 Å². The van der Waals surface area contributed by atoms with E-state index in [1.807, 2.05) is 25.7 Å². The molecule has 1 amide bonds. The van der Waals surface area contributed by atoms with Crippen molar-refractivity contribution < 1.29 is 14.6 Å². The number of unbranched alkanes of at least 4 members (excludes halogenated alkanes) is 3. The fraction of sp³-hybridized carbons (Fsp3) is 0.941. The molecule has 5 heteroatoms. The van der Waals surface area contributed by atoms with Crippen LogP contribution < -0.4 is 5.32 Å². The number of likely N-dealkylation sites (tertiary alicyclic amines) is 1. The molecule has 130 valence electrons. The number of carbonyl (C=O) groups is 1. The maximum atomic E-state index is 12.1. The number of hydrogen-bond donors (Lipinski definition) is 2. The molecule has 2 N–H and O–H groups in total. The average Bonchev–Trinajstić information content (AvgIpc) is 2.66. The summed E-state index contributed by atoms with van der Waals surface area (Å²) in [7, 11) is 0. The molecule has 22 heavy (non-hydrogen) atoms. The van der Waals surface area contributed by atoms with Gasteiger partial charge in [0.1, 0.15) is 5.60 Å². The van der Waals surface area contributed by atoms with Gasteiger partial charge >= 0.3 is 6.09 Å². The predicted molar refractivity (Wildman–Crippen MR) is 89.0 cm³/mol. The summed E-state index contributed by atoms with van der Waals surface area (Å²) in [5, 5.41) is 12.3. The molecule has 0 aromatic heterocycles. The molecule has 1 rings (SSSR count). The van der Waals surface area contributed by atoms with Gasteiger partial charge in [-0.05, 0) is 59.4 Å². The van der Waals surface area contributed by atoms with Gasteiger partial charge < -0.3 is 20.1 Å². The van der Waals surface area contributed by atoms with E-state index < -0.39 is 5.60 Å². The van der Waals surface area contributed by atoms with Gasteiger partial charge in [-0.1, -0.05) is 12.8 Å².